The van der Waals surface area contributed by atoms with Gasteiger partial charge in [-0.3, -0.25) is 9.59 Å². The van der Waals surface area contributed by atoms with E-state index in [1.54, 1.807) is 0 Å². The van der Waals surface area contributed by atoms with Crippen LogP contribution in [-0.4, -0.2) is 32.5 Å². The lowest BCUT2D eigenvalue weighted by Crippen LogP contribution is -2.30. The summed E-state index contributed by atoms with van der Waals surface area (Å²) in [4.78, 5) is 19.8. The predicted molar refractivity (Wildman–Crippen MR) is 64.6 cm³/mol. The Morgan fingerprint density at radius 2 is 1.86 bits per heavy atom. The van der Waals surface area contributed by atoms with Crippen molar-refractivity contribution in [3.63, 3.8) is 0 Å². The average Bonchev–Trinajstić information content (AvgIpc) is 2.05. The Kier molecular flexibility index (Phi) is 11.1. The maximum Gasteiger partial charge on any atom is 0.320 e. The molecule has 0 bridgehead atoms. The third kappa shape index (κ3) is 11.9. The van der Waals surface area contributed by atoms with Gasteiger partial charge in [0.1, 0.15) is 6.04 Å². The summed E-state index contributed by atoms with van der Waals surface area (Å²) in [5.74, 6) is -0.617. The monoisotopic (exact) mass is 258 g/mol. The van der Waals surface area contributed by atoms with E-state index < -0.39 is 12.0 Å². The molecule has 5 nitrogen and oxygen atoms in total. The summed E-state index contributed by atoms with van der Waals surface area (Å²) in [6.07, 6.45) is 0.429. The van der Waals surface area contributed by atoms with Gasteiger partial charge in [0, 0.05) is 6.92 Å². The third-order valence-corrected chi connectivity index (χ3v) is 1.86. The molecule has 14 heavy (non-hydrogen) atoms. The fraction of sp³-hybridized carbons (Fsp3) is 0.667. The van der Waals surface area contributed by atoms with Gasteiger partial charge in [0.05, 0.1) is 0 Å². The van der Waals surface area contributed by atoms with Gasteiger partial charge in [0.2, 0.25) is 5.91 Å². The molecule has 0 radical (unpaired) electrons. The van der Waals surface area contributed by atoms with E-state index in [-0.39, 0.29) is 5.91 Å². The minimum atomic E-state index is -0.959. The molecule has 0 heterocycles. The highest BCUT2D eigenvalue weighted by molar-refractivity contribution is 7.94. The summed E-state index contributed by atoms with van der Waals surface area (Å²) in [6, 6.07) is -0.743. The first-order valence-corrected chi connectivity index (χ1v) is 5.03. The Morgan fingerprint density at radius 3 is 1.93 bits per heavy atom. The van der Waals surface area contributed by atoms with Crippen LogP contribution in [0.25, 0.3) is 0 Å². The molecular weight excluding hydrogens is 244 g/mol. The van der Waals surface area contributed by atoms with Crippen molar-refractivity contribution in [2.24, 2.45) is 5.73 Å². The zero-order valence-electron chi connectivity index (χ0n) is 7.62. The van der Waals surface area contributed by atoms with E-state index in [1.807, 2.05) is 0 Å². The molecule has 0 aromatic rings. The molecule has 0 aromatic carbocycles. The molecule has 0 aromatic heterocycles. The molecule has 1 atom stereocenters. The van der Waals surface area contributed by atoms with Crippen molar-refractivity contribution in [2.45, 2.75) is 19.4 Å². The summed E-state index contributed by atoms with van der Waals surface area (Å²) < 4.78 is 0.917. The third-order valence-electron chi connectivity index (χ3n) is 1.04. The van der Waals surface area contributed by atoms with Crippen molar-refractivity contribution in [1.82, 2.24) is 3.71 Å². The number of carbonyl (C=O) groups excluding carboxylic acids is 1. The summed E-state index contributed by atoms with van der Waals surface area (Å²) in [7, 11) is 0. The van der Waals surface area contributed by atoms with Gasteiger partial charge in [0.15, 0.2) is 0 Å². The number of amides is 1. The van der Waals surface area contributed by atoms with Gasteiger partial charge in [-0.15, -0.1) is 0 Å². The van der Waals surface area contributed by atoms with Gasteiger partial charge in [-0.25, -0.2) is 3.71 Å². The fourth-order valence-electron chi connectivity index (χ4n) is 0.263. The van der Waals surface area contributed by atoms with Crippen molar-refractivity contribution in [3.8, 4) is 0 Å². The lowest BCUT2D eigenvalue weighted by molar-refractivity contribution is -0.138. The molecule has 1 amide bonds. The summed E-state index contributed by atoms with van der Waals surface area (Å²) in [5.41, 5.74) is 5.08. The topological polar surface area (TPSA) is 83.6 Å². The van der Waals surface area contributed by atoms with E-state index in [0.29, 0.717) is 12.2 Å². The maximum absolute atomic E-state index is 9.93. The van der Waals surface area contributed by atoms with Crippen molar-refractivity contribution >= 4 is 50.1 Å². The van der Waals surface area contributed by atoms with Crippen LogP contribution in [0.4, 0.5) is 0 Å². The van der Waals surface area contributed by atoms with Gasteiger partial charge in [-0.1, -0.05) is 25.6 Å². The number of carboxylic acids is 1. The van der Waals surface area contributed by atoms with Gasteiger partial charge < -0.3 is 10.8 Å². The molecule has 0 aliphatic carbocycles. The van der Waals surface area contributed by atoms with Crippen LogP contribution in [0, 0.1) is 0 Å². The number of hydrogen-bond donors (Lipinski definition) is 5. The van der Waals surface area contributed by atoms with E-state index in [0.717, 1.165) is 3.71 Å². The first-order valence-electron chi connectivity index (χ1n) is 3.60. The molecule has 0 aliphatic heterocycles. The fourth-order valence-corrected chi connectivity index (χ4v) is 0.541. The molecule has 0 saturated carbocycles. The number of hydrogen-bond acceptors (Lipinski definition) is 6. The largest absolute Gasteiger partial charge is 0.480 e. The Morgan fingerprint density at radius 1 is 1.50 bits per heavy atom. The van der Waals surface area contributed by atoms with Crippen LogP contribution < -0.4 is 5.73 Å². The number of carbonyl (C=O) groups is 2. The maximum atomic E-state index is 9.93. The van der Waals surface area contributed by atoms with Crippen LogP contribution in [0.1, 0.15) is 13.3 Å². The van der Waals surface area contributed by atoms with Crippen LogP contribution in [0.15, 0.2) is 0 Å². The summed E-state index contributed by atoms with van der Waals surface area (Å²) >= 11 is 10.9. The van der Waals surface area contributed by atoms with Crippen molar-refractivity contribution in [1.29, 1.82) is 0 Å². The number of aliphatic carboxylic acids is 1. The second kappa shape index (κ2) is 9.50. The highest BCUT2D eigenvalue weighted by Crippen LogP contribution is 1.94. The molecule has 0 aliphatic rings. The molecule has 0 saturated heterocycles. The SMILES string of the molecule is CC(=O)N(S)S.NC(CCS)C(=O)O. The molecule has 0 fully saturated rings. The van der Waals surface area contributed by atoms with E-state index in [2.05, 4.69) is 38.3 Å². The average molecular weight is 258 g/mol. The standard InChI is InChI=1S/C4H9NO2S.C2H5NOS2/c5-3(1-2-8)4(6)7;1-2(4)3(5)6/h3,8H,1-2,5H2,(H,6,7);5-6H,1H3. The van der Waals surface area contributed by atoms with Crippen LogP contribution in [-0.2, 0) is 9.59 Å². The van der Waals surface area contributed by atoms with Gasteiger partial charge in [0.25, 0.3) is 0 Å². The number of carboxylic acid groups (broad SMARTS) is 1. The first kappa shape index (κ1) is 16.4. The second-order valence-electron chi connectivity index (χ2n) is 2.27. The zero-order chi connectivity index (χ0) is 11.7. The minimum absolute atomic E-state index is 0.179. The van der Waals surface area contributed by atoms with Crippen molar-refractivity contribution < 1.29 is 14.7 Å². The molecule has 1 unspecified atom stereocenters. The number of rotatable bonds is 3. The molecule has 8 heteroatoms. The molecule has 84 valence electrons. The van der Waals surface area contributed by atoms with E-state index in [1.165, 1.54) is 6.92 Å². The minimum Gasteiger partial charge on any atom is -0.480 e. The smallest absolute Gasteiger partial charge is 0.320 e. The Hall–Kier alpha value is -0.0500. The number of nitrogens with two attached hydrogens (primary N) is 1. The first-order chi connectivity index (χ1) is 6.32. The number of thiol groups is 3. The predicted octanol–water partition coefficient (Wildman–Crippen LogP) is 0.243. The lowest BCUT2D eigenvalue weighted by atomic mass is 10.2. The zero-order valence-corrected chi connectivity index (χ0v) is 10.3. The molecule has 3 N–H and O–H groups in total. The van der Waals surface area contributed by atoms with Crippen LogP contribution in [0.2, 0.25) is 0 Å². The molecular formula is C6H14N2O3S3. The highest BCUT2D eigenvalue weighted by atomic mass is 32.2. The summed E-state index contributed by atoms with van der Waals surface area (Å²) in [6.45, 7) is 1.38. The highest BCUT2D eigenvalue weighted by Gasteiger charge is 2.08. The Labute approximate surface area is 99.5 Å². The second-order valence-corrected chi connectivity index (χ2v) is 3.83. The van der Waals surface area contributed by atoms with E-state index >= 15 is 0 Å². The lowest BCUT2D eigenvalue weighted by Gasteiger charge is -2.00. The van der Waals surface area contributed by atoms with E-state index in [9.17, 15) is 9.59 Å². The van der Waals surface area contributed by atoms with Gasteiger partial charge in [-0.05, 0) is 12.2 Å². The Bertz CT molecular complexity index is 189. The summed E-state index contributed by atoms with van der Waals surface area (Å²) in [5, 5.41) is 8.15. The quantitative estimate of drug-likeness (QED) is 0.470. The Balaban J connectivity index is 0. The van der Waals surface area contributed by atoms with Gasteiger partial charge in [-0.2, -0.15) is 12.6 Å². The van der Waals surface area contributed by atoms with Crippen molar-refractivity contribution in [3.05, 3.63) is 0 Å². The normalized spacial score (nSPS) is 10.9. The molecule has 0 rings (SSSR count). The van der Waals surface area contributed by atoms with Crippen LogP contribution in [0.3, 0.4) is 0 Å². The van der Waals surface area contributed by atoms with Gasteiger partial charge >= 0.3 is 5.97 Å². The number of nitrogens with zero attached hydrogens (tertiary/aromatic N) is 1. The van der Waals surface area contributed by atoms with Crippen LogP contribution >= 0.6 is 38.3 Å². The van der Waals surface area contributed by atoms with Crippen LogP contribution in [0.5, 0.6) is 0 Å². The molecule has 0 spiro atoms. The van der Waals surface area contributed by atoms with E-state index in [4.69, 9.17) is 10.8 Å². The van der Waals surface area contributed by atoms with Crippen molar-refractivity contribution in [2.75, 3.05) is 5.75 Å².